The number of aromatic hydroxyl groups is 1. The average Bonchev–Trinajstić information content (AvgIpc) is 2.32. The predicted octanol–water partition coefficient (Wildman–Crippen LogP) is 2.05. The molecule has 0 spiro atoms. The smallest absolute Gasteiger partial charge is 0.225 e. The van der Waals surface area contributed by atoms with Crippen molar-refractivity contribution in [3.05, 3.63) is 17.8 Å². The zero-order valence-corrected chi connectivity index (χ0v) is 11.8. The minimum absolute atomic E-state index is 0.0212. The van der Waals surface area contributed by atoms with Crippen LogP contribution in [0.15, 0.2) is 12.1 Å². The molecule has 19 heavy (non-hydrogen) atoms. The van der Waals surface area contributed by atoms with Crippen LogP contribution in [0.25, 0.3) is 0 Å². The summed E-state index contributed by atoms with van der Waals surface area (Å²) in [7, 11) is 0. The van der Waals surface area contributed by atoms with E-state index in [0.29, 0.717) is 18.9 Å². The second kappa shape index (κ2) is 7.09. The maximum absolute atomic E-state index is 11.9. The number of pyridine rings is 1. The summed E-state index contributed by atoms with van der Waals surface area (Å²) in [6, 6.07) is 3.21. The molecule has 1 amide bonds. The van der Waals surface area contributed by atoms with Crippen molar-refractivity contribution < 1.29 is 9.90 Å². The van der Waals surface area contributed by atoms with Crippen LogP contribution in [-0.2, 0) is 4.79 Å². The van der Waals surface area contributed by atoms with Crippen LogP contribution in [0.3, 0.4) is 0 Å². The molecular formula is C14H23N3O2. The molecule has 5 nitrogen and oxygen atoms in total. The van der Waals surface area contributed by atoms with Gasteiger partial charge < -0.3 is 16.2 Å². The Labute approximate surface area is 114 Å². The summed E-state index contributed by atoms with van der Waals surface area (Å²) in [5.41, 5.74) is 6.41. The van der Waals surface area contributed by atoms with Gasteiger partial charge in [-0.05, 0) is 43.9 Å². The van der Waals surface area contributed by atoms with Crippen molar-refractivity contribution in [2.45, 2.75) is 33.6 Å². The van der Waals surface area contributed by atoms with E-state index < -0.39 is 0 Å². The van der Waals surface area contributed by atoms with E-state index in [2.05, 4.69) is 24.1 Å². The van der Waals surface area contributed by atoms with E-state index in [9.17, 15) is 9.90 Å². The molecule has 4 N–H and O–H groups in total. The van der Waals surface area contributed by atoms with E-state index in [1.165, 1.54) is 6.07 Å². The third-order valence-corrected chi connectivity index (χ3v) is 2.88. The quantitative estimate of drug-likeness (QED) is 0.734. The summed E-state index contributed by atoms with van der Waals surface area (Å²) in [6.07, 6.45) is 1.26. The van der Waals surface area contributed by atoms with Crippen molar-refractivity contribution in [2.75, 3.05) is 11.9 Å². The molecule has 0 saturated heterocycles. The molecule has 0 radical (unpaired) electrons. The lowest BCUT2D eigenvalue weighted by molar-refractivity contribution is -0.117. The van der Waals surface area contributed by atoms with Gasteiger partial charge in [-0.15, -0.1) is 0 Å². The van der Waals surface area contributed by atoms with Gasteiger partial charge in [0.25, 0.3) is 0 Å². The zero-order valence-electron chi connectivity index (χ0n) is 11.8. The molecule has 0 aliphatic carbocycles. The monoisotopic (exact) mass is 265 g/mol. The van der Waals surface area contributed by atoms with Crippen LogP contribution in [0, 0.1) is 18.8 Å². The summed E-state index contributed by atoms with van der Waals surface area (Å²) >= 11 is 0. The van der Waals surface area contributed by atoms with Gasteiger partial charge in [0.05, 0.1) is 0 Å². The normalized spacial score (nSPS) is 12.5. The van der Waals surface area contributed by atoms with Crippen LogP contribution in [0.2, 0.25) is 0 Å². The van der Waals surface area contributed by atoms with E-state index >= 15 is 0 Å². The summed E-state index contributed by atoms with van der Waals surface area (Å²) in [6.45, 7) is 6.50. The molecular weight excluding hydrogens is 242 g/mol. The van der Waals surface area contributed by atoms with Gasteiger partial charge in [0.1, 0.15) is 0 Å². The summed E-state index contributed by atoms with van der Waals surface area (Å²) in [4.78, 5) is 16.0. The SMILES string of the molecule is Cc1ccc(O)c(NC(=O)C[C@@H](CN)CC(C)C)n1. The number of rotatable bonds is 6. The highest BCUT2D eigenvalue weighted by molar-refractivity contribution is 5.91. The first-order valence-corrected chi connectivity index (χ1v) is 6.59. The third kappa shape index (κ3) is 5.26. The second-order valence-corrected chi connectivity index (χ2v) is 5.30. The molecule has 0 bridgehead atoms. The third-order valence-electron chi connectivity index (χ3n) is 2.88. The number of aryl methyl sites for hydroxylation is 1. The Bertz CT molecular complexity index is 433. The Balaban J connectivity index is 2.61. The molecule has 1 aromatic rings. The maximum Gasteiger partial charge on any atom is 0.225 e. The van der Waals surface area contributed by atoms with Gasteiger partial charge in [0, 0.05) is 12.1 Å². The molecule has 5 heteroatoms. The van der Waals surface area contributed by atoms with E-state index in [1.807, 2.05) is 0 Å². The fraction of sp³-hybridized carbons (Fsp3) is 0.571. The summed E-state index contributed by atoms with van der Waals surface area (Å²) in [5, 5.41) is 12.3. The Morgan fingerprint density at radius 1 is 1.47 bits per heavy atom. The van der Waals surface area contributed by atoms with Crippen LogP contribution in [0.4, 0.5) is 5.82 Å². The van der Waals surface area contributed by atoms with Crippen LogP contribution in [0.1, 0.15) is 32.4 Å². The van der Waals surface area contributed by atoms with E-state index in [4.69, 9.17) is 5.73 Å². The largest absolute Gasteiger partial charge is 0.504 e. The molecule has 0 aliphatic rings. The first-order chi connectivity index (χ1) is 8.92. The van der Waals surface area contributed by atoms with Gasteiger partial charge in [0.15, 0.2) is 11.6 Å². The van der Waals surface area contributed by atoms with Crippen molar-refractivity contribution >= 4 is 11.7 Å². The molecule has 0 fully saturated rings. The summed E-state index contributed by atoms with van der Waals surface area (Å²) in [5.74, 6) is 0.695. The van der Waals surface area contributed by atoms with Gasteiger partial charge in [-0.3, -0.25) is 4.79 Å². The molecule has 0 aliphatic heterocycles. The van der Waals surface area contributed by atoms with Crippen LogP contribution < -0.4 is 11.1 Å². The van der Waals surface area contributed by atoms with Crippen molar-refractivity contribution in [1.82, 2.24) is 4.98 Å². The Morgan fingerprint density at radius 2 is 2.16 bits per heavy atom. The first-order valence-electron chi connectivity index (χ1n) is 6.59. The van der Waals surface area contributed by atoms with Crippen molar-refractivity contribution in [1.29, 1.82) is 0 Å². The number of hydrogen-bond acceptors (Lipinski definition) is 4. The highest BCUT2D eigenvalue weighted by Crippen LogP contribution is 2.21. The number of hydrogen-bond donors (Lipinski definition) is 3. The van der Waals surface area contributed by atoms with Gasteiger partial charge >= 0.3 is 0 Å². The van der Waals surface area contributed by atoms with E-state index in [0.717, 1.165) is 12.1 Å². The van der Waals surface area contributed by atoms with Crippen LogP contribution in [-0.4, -0.2) is 22.5 Å². The van der Waals surface area contributed by atoms with Gasteiger partial charge in [-0.1, -0.05) is 13.8 Å². The van der Waals surface area contributed by atoms with Crippen LogP contribution >= 0.6 is 0 Å². The van der Waals surface area contributed by atoms with E-state index in [1.54, 1.807) is 13.0 Å². The molecule has 0 aromatic carbocycles. The predicted molar refractivity (Wildman–Crippen MR) is 75.9 cm³/mol. The lowest BCUT2D eigenvalue weighted by Crippen LogP contribution is -2.23. The number of nitrogens with one attached hydrogen (secondary N) is 1. The minimum Gasteiger partial charge on any atom is -0.504 e. The fourth-order valence-corrected chi connectivity index (χ4v) is 2.02. The molecule has 1 heterocycles. The lowest BCUT2D eigenvalue weighted by atomic mass is 9.94. The van der Waals surface area contributed by atoms with Crippen molar-refractivity contribution in [3.8, 4) is 5.75 Å². The Morgan fingerprint density at radius 3 is 2.74 bits per heavy atom. The van der Waals surface area contributed by atoms with Gasteiger partial charge in [-0.25, -0.2) is 4.98 Å². The number of amides is 1. The lowest BCUT2D eigenvalue weighted by Gasteiger charge is -2.16. The molecule has 0 unspecified atom stereocenters. The minimum atomic E-state index is -0.162. The fourth-order valence-electron chi connectivity index (χ4n) is 2.02. The first kappa shape index (κ1) is 15.4. The molecule has 1 atom stereocenters. The zero-order chi connectivity index (χ0) is 14.4. The van der Waals surface area contributed by atoms with Crippen LogP contribution in [0.5, 0.6) is 5.75 Å². The van der Waals surface area contributed by atoms with Gasteiger partial charge in [-0.2, -0.15) is 0 Å². The Kier molecular flexibility index (Phi) is 5.76. The highest BCUT2D eigenvalue weighted by atomic mass is 16.3. The maximum atomic E-state index is 11.9. The Hall–Kier alpha value is -1.62. The molecule has 0 saturated carbocycles. The number of aromatic nitrogens is 1. The van der Waals surface area contributed by atoms with Gasteiger partial charge in [0.2, 0.25) is 5.91 Å². The molecule has 1 rings (SSSR count). The highest BCUT2D eigenvalue weighted by Gasteiger charge is 2.15. The second-order valence-electron chi connectivity index (χ2n) is 5.30. The van der Waals surface area contributed by atoms with Crippen molar-refractivity contribution in [2.24, 2.45) is 17.6 Å². The van der Waals surface area contributed by atoms with Crippen molar-refractivity contribution in [3.63, 3.8) is 0 Å². The summed E-state index contributed by atoms with van der Waals surface area (Å²) < 4.78 is 0. The topological polar surface area (TPSA) is 88.2 Å². The number of carbonyl (C=O) groups excluding carboxylic acids is 1. The molecule has 106 valence electrons. The number of nitrogens with two attached hydrogens (primary N) is 1. The molecule has 1 aromatic heterocycles. The van der Waals surface area contributed by atoms with E-state index in [-0.39, 0.29) is 23.4 Å². The number of carbonyl (C=O) groups is 1. The standard InChI is InChI=1S/C14H23N3O2/c1-9(2)6-11(8-15)7-13(19)17-14-12(18)5-4-10(3)16-14/h4-5,9,11,18H,6-8,15H2,1-3H3,(H,16,17,19)/t11-/m0/s1. The average molecular weight is 265 g/mol. The number of anilines is 1. The number of nitrogens with zero attached hydrogens (tertiary/aromatic N) is 1.